The van der Waals surface area contributed by atoms with Crippen LogP contribution in [0.15, 0.2) is 18.2 Å². The summed E-state index contributed by atoms with van der Waals surface area (Å²) < 4.78 is 0. The van der Waals surface area contributed by atoms with E-state index in [2.05, 4.69) is 17.6 Å². The van der Waals surface area contributed by atoms with E-state index in [1.165, 1.54) is 5.56 Å². The van der Waals surface area contributed by atoms with Gasteiger partial charge in [0.25, 0.3) is 5.91 Å². The molecule has 1 aliphatic rings. The van der Waals surface area contributed by atoms with E-state index < -0.39 is 0 Å². The first-order valence-electron chi connectivity index (χ1n) is 6.21. The molecule has 0 radical (unpaired) electrons. The molecule has 0 atom stereocenters. The van der Waals surface area contributed by atoms with Gasteiger partial charge in [-0.2, -0.15) is 0 Å². The Kier molecular flexibility index (Phi) is 4.63. The predicted octanol–water partition coefficient (Wildman–Crippen LogP) is 2.99. The minimum absolute atomic E-state index is 0. The lowest BCUT2D eigenvalue weighted by Gasteiger charge is -2.24. The van der Waals surface area contributed by atoms with Crippen molar-refractivity contribution in [2.24, 2.45) is 0 Å². The van der Waals surface area contributed by atoms with Crippen molar-refractivity contribution in [2.75, 3.05) is 11.9 Å². The van der Waals surface area contributed by atoms with Crippen LogP contribution in [0.25, 0.3) is 0 Å². The number of halogens is 1. The Hall–Kier alpha value is -1.22. The minimum Gasteiger partial charge on any atom is -0.384 e. The lowest BCUT2D eigenvalue weighted by Crippen LogP contribution is -2.42. The zero-order valence-electron chi connectivity index (χ0n) is 11.2. The summed E-state index contributed by atoms with van der Waals surface area (Å²) in [5.41, 5.74) is 3.02. The van der Waals surface area contributed by atoms with Gasteiger partial charge >= 0.3 is 0 Å². The van der Waals surface area contributed by atoms with Crippen molar-refractivity contribution in [3.8, 4) is 0 Å². The number of benzene rings is 1. The second kappa shape index (κ2) is 5.61. The Balaban J connectivity index is 0.00000162. The molecule has 0 unspecified atom stereocenters. The fraction of sp³-hybridized carbons (Fsp3) is 0.500. The van der Waals surface area contributed by atoms with E-state index in [1.807, 2.05) is 32.0 Å². The topological polar surface area (TPSA) is 41.1 Å². The zero-order valence-corrected chi connectivity index (χ0v) is 12.0. The van der Waals surface area contributed by atoms with Gasteiger partial charge in [-0.25, -0.2) is 0 Å². The highest BCUT2D eigenvalue weighted by molar-refractivity contribution is 5.95. The third kappa shape index (κ3) is 3.16. The molecule has 0 saturated heterocycles. The molecule has 1 amide bonds. The van der Waals surface area contributed by atoms with Crippen LogP contribution >= 0.6 is 12.4 Å². The van der Waals surface area contributed by atoms with E-state index in [1.54, 1.807) is 0 Å². The average Bonchev–Trinajstić information content (AvgIpc) is 2.75. The molecule has 1 aromatic rings. The van der Waals surface area contributed by atoms with Gasteiger partial charge in [-0.05, 0) is 50.5 Å². The first kappa shape index (κ1) is 14.8. The van der Waals surface area contributed by atoms with Crippen molar-refractivity contribution in [3.05, 3.63) is 29.3 Å². The van der Waals surface area contributed by atoms with E-state index in [9.17, 15) is 4.79 Å². The van der Waals surface area contributed by atoms with Crippen LogP contribution in [0, 0.1) is 0 Å². The number of carbonyl (C=O) groups excluding carboxylic acids is 1. The lowest BCUT2D eigenvalue weighted by molar-refractivity contribution is 0.0911. The Labute approximate surface area is 115 Å². The van der Waals surface area contributed by atoms with Crippen LogP contribution in [0.3, 0.4) is 0 Å². The average molecular weight is 269 g/mol. The fourth-order valence-corrected chi connectivity index (χ4v) is 1.91. The molecule has 18 heavy (non-hydrogen) atoms. The van der Waals surface area contributed by atoms with Crippen molar-refractivity contribution in [1.29, 1.82) is 0 Å². The van der Waals surface area contributed by atoms with Crippen molar-refractivity contribution in [2.45, 2.75) is 39.2 Å². The maximum atomic E-state index is 12.1. The van der Waals surface area contributed by atoms with Gasteiger partial charge in [-0.15, -0.1) is 12.4 Å². The molecule has 1 heterocycles. The summed E-state index contributed by atoms with van der Waals surface area (Å²) in [6, 6.07) is 5.88. The molecular weight excluding hydrogens is 248 g/mol. The maximum absolute atomic E-state index is 12.1. The standard InChI is InChI=1S/C14H20N2O.ClH/c1-4-14(2,3)16-13(17)11-5-6-12-10(9-11)7-8-15-12;/h5-6,9,15H,4,7-8H2,1-3H3,(H,16,17);1H. The molecule has 0 saturated carbocycles. The zero-order chi connectivity index (χ0) is 12.5. The van der Waals surface area contributed by atoms with Crippen LogP contribution in [0.1, 0.15) is 43.1 Å². The van der Waals surface area contributed by atoms with Crippen LogP contribution in [-0.4, -0.2) is 18.0 Å². The highest BCUT2D eigenvalue weighted by atomic mass is 35.5. The molecule has 0 spiro atoms. The van der Waals surface area contributed by atoms with Gasteiger partial charge in [-0.3, -0.25) is 4.79 Å². The second-order valence-corrected chi connectivity index (χ2v) is 5.24. The molecule has 1 aliphatic heterocycles. The van der Waals surface area contributed by atoms with Gasteiger partial charge in [0.2, 0.25) is 0 Å². The summed E-state index contributed by atoms with van der Waals surface area (Å²) in [7, 11) is 0. The van der Waals surface area contributed by atoms with E-state index in [0.717, 1.165) is 30.6 Å². The van der Waals surface area contributed by atoms with E-state index in [-0.39, 0.29) is 23.9 Å². The number of hydrogen-bond donors (Lipinski definition) is 2. The number of rotatable bonds is 3. The summed E-state index contributed by atoms with van der Waals surface area (Å²) in [6.07, 6.45) is 1.93. The smallest absolute Gasteiger partial charge is 0.251 e. The maximum Gasteiger partial charge on any atom is 0.251 e. The Morgan fingerprint density at radius 3 is 2.83 bits per heavy atom. The number of carbonyl (C=O) groups is 1. The summed E-state index contributed by atoms with van der Waals surface area (Å²) >= 11 is 0. The van der Waals surface area contributed by atoms with Crippen LogP contribution in [0.4, 0.5) is 5.69 Å². The summed E-state index contributed by atoms with van der Waals surface area (Å²) in [5, 5.41) is 6.35. The van der Waals surface area contributed by atoms with Crippen LogP contribution in [0.5, 0.6) is 0 Å². The van der Waals surface area contributed by atoms with Crippen molar-refractivity contribution < 1.29 is 4.79 Å². The van der Waals surface area contributed by atoms with Crippen LogP contribution in [-0.2, 0) is 6.42 Å². The SMILES string of the molecule is CCC(C)(C)NC(=O)c1ccc2c(c1)CCN2.Cl. The molecule has 2 N–H and O–H groups in total. The Morgan fingerprint density at radius 2 is 2.17 bits per heavy atom. The van der Waals surface area contributed by atoms with Crippen molar-refractivity contribution >= 4 is 24.0 Å². The quantitative estimate of drug-likeness (QED) is 0.885. The first-order valence-corrected chi connectivity index (χ1v) is 6.21. The molecule has 100 valence electrons. The third-order valence-electron chi connectivity index (χ3n) is 3.41. The predicted molar refractivity (Wildman–Crippen MR) is 77.7 cm³/mol. The summed E-state index contributed by atoms with van der Waals surface area (Å²) in [6.45, 7) is 7.13. The normalized spacial score (nSPS) is 13.3. The van der Waals surface area contributed by atoms with Gasteiger partial charge in [-0.1, -0.05) is 6.92 Å². The van der Waals surface area contributed by atoms with Gasteiger partial charge in [0.1, 0.15) is 0 Å². The molecule has 3 nitrogen and oxygen atoms in total. The van der Waals surface area contributed by atoms with Crippen LogP contribution in [0.2, 0.25) is 0 Å². The van der Waals surface area contributed by atoms with E-state index in [4.69, 9.17) is 0 Å². The molecule has 1 aromatic carbocycles. The van der Waals surface area contributed by atoms with Crippen molar-refractivity contribution in [3.63, 3.8) is 0 Å². The van der Waals surface area contributed by atoms with Gasteiger partial charge in [0, 0.05) is 23.3 Å². The minimum atomic E-state index is -0.144. The molecule has 4 heteroatoms. The fourth-order valence-electron chi connectivity index (χ4n) is 1.91. The van der Waals surface area contributed by atoms with Gasteiger partial charge in [0.15, 0.2) is 0 Å². The summed E-state index contributed by atoms with van der Waals surface area (Å²) in [5.74, 6) is 0.0200. The number of hydrogen-bond acceptors (Lipinski definition) is 2. The first-order chi connectivity index (χ1) is 8.02. The van der Waals surface area contributed by atoms with Gasteiger partial charge in [0.05, 0.1) is 0 Å². The largest absolute Gasteiger partial charge is 0.384 e. The Morgan fingerprint density at radius 1 is 1.44 bits per heavy atom. The lowest BCUT2D eigenvalue weighted by atomic mass is 10.0. The highest BCUT2D eigenvalue weighted by Crippen LogP contribution is 2.23. The molecule has 0 bridgehead atoms. The second-order valence-electron chi connectivity index (χ2n) is 5.24. The van der Waals surface area contributed by atoms with Crippen molar-refractivity contribution in [1.82, 2.24) is 5.32 Å². The van der Waals surface area contributed by atoms with Crippen LogP contribution < -0.4 is 10.6 Å². The number of anilines is 1. The molecule has 0 aromatic heterocycles. The molecule has 2 rings (SSSR count). The number of nitrogens with one attached hydrogen (secondary N) is 2. The molecule has 0 fully saturated rings. The third-order valence-corrected chi connectivity index (χ3v) is 3.41. The van der Waals surface area contributed by atoms with E-state index >= 15 is 0 Å². The molecule has 0 aliphatic carbocycles. The monoisotopic (exact) mass is 268 g/mol. The number of fused-ring (bicyclic) bond motifs is 1. The van der Waals surface area contributed by atoms with Gasteiger partial charge < -0.3 is 10.6 Å². The number of amides is 1. The summed E-state index contributed by atoms with van der Waals surface area (Å²) in [4.78, 5) is 12.1. The highest BCUT2D eigenvalue weighted by Gasteiger charge is 2.20. The Bertz CT molecular complexity index is 443. The molecular formula is C14H21ClN2O. The van der Waals surface area contributed by atoms with E-state index in [0.29, 0.717) is 0 Å².